The molecule has 1 N–H and O–H groups in total. The molecule has 1 aromatic carbocycles. The minimum absolute atomic E-state index is 0.239. The lowest BCUT2D eigenvalue weighted by Gasteiger charge is -2.05. The van der Waals surface area contributed by atoms with Gasteiger partial charge in [0.05, 0.1) is 0 Å². The minimum atomic E-state index is -0.304. The summed E-state index contributed by atoms with van der Waals surface area (Å²) in [4.78, 5) is 15.9. The Hall–Kier alpha value is -3.09. The molecule has 3 rings (SSSR count). The molecule has 0 aliphatic heterocycles. The van der Waals surface area contributed by atoms with Gasteiger partial charge in [0.1, 0.15) is 12.7 Å². The van der Waals surface area contributed by atoms with Gasteiger partial charge in [-0.1, -0.05) is 19.1 Å². The van der Waals surface area contributed by atoms with Gasteiger partial charge >= 0.3 is 0 Å². The summed E-state index contributed by atoms with van der Waals surface area (Å²) in [6, 6.07) is 11.0. The molecule has 0 aliphatic carbocycles. The normalized spacial score (nSPS) is 10.4. The second-order valence-corrected chi connectivity index (χ2v) is 4.62. The lowest BCUT2D eigenvalue weighted by Crippen LogP contribution is -2.15. The Balaban J connectivity index is 1.71. The zero-order valence-corrected chi connectivity index (χ0v) is 12.0. The van der Waals surface area contributed by atoms with Gasteiger partial charge in [-0.2, -0.15) is 5.10 Å². The highest BCUT2D eigenvalue weighted by Crippen LogP contribution is 2.11. The highest BCUT2D eigenvalue weighted by Gasteiger charge is 2.09. The highest BCUT2D eigenvalue weighted by molar-refractivity contribution is 6.02. The van der Waals surface area contributed by atoms with Gasteiger partial charge in [0.25, 0.3) is 5.91 Å². The topological polar surface area (TPSA) is 85.6 Å². The maximum absolute atomic E-state index is 12.1. The fourth-order valence-electron chi connectivity index (χ4n) is 1.91. The van der Waals surface area contributed by atoms with Gasteiger partial charge in [0.15, 0.2) is 11.5 Å². The lowest BCUT2D eigenvalue weighted by atomic mass is 10.1. The van der Waals surface area contributed by atoms with Crippen LogP contribution in [-0.2, 0) is 6.42 Å². The average molecular weight is 294 g/mol. The number of aryl methyl sites for hydroxylation is 1. The first-order valence-electron chi connectivity index (χ1n) is 6.85. The van der Waals surface area contributed by atoms with Gasteiger partial charge in [-0.25, -0.2) is 9.67 Å². The van der Waals surface area contributed by atoms with Gasteiger partial charge in [-0.15, -0.1) is 10.2 Å². The Kier molecular flexibility index (Phi) is 3.86. The van der Waals surface area contributed by atoms with Crippen LogP contribution in [0, 0.1) is 0 Å². The Morgan fingerprint density at radius 1 is 1.14 bits per heavy atom. The number of nitrogens with one attached hydrogen (secondary N) is 1. The van der Waals surface area contributed by atoms with Crippen molar-refractivity contribution >= 4 is 11.6 Å². The van der Waals surface area contributed by atoms with Crippen LogP contribution >= 0.6 is 0 Å². The van der Waals surface area contributed by atoms with E-state index in [1.54, 1.807) is 12.1 Å². The van der Waals surface area contributed by atoms with E-state index in [0.29, 0.717) is 5.82 Å². The summed E-state index contributed by atoms with van der Waals surface area (Å²) in [6.07, 6.45) is 3.88. The molecule has 22 heavy (non-hydrogen) atoms. The van der Waals surface area contributed by atoms with E-state index in [2.05, 4.69) is 32.5 Å². The highest BCUT2D eigenvalue weighted by atomic mass is 16.1. The Labute approximate surface area is 127 Å². The summed E-state index contributed by atoms with van der Waals surface area (Å²) < 4.78 is 1.47. The first-order valence-corrected chi connectivity index (χ1v) is 6.85. The Bertz CT molecular complexity index is 750. The third-order valence-corrected chi connectivity index (χ3v) is 3.16. The molecule has 0 radical (unpaired) electrons. The van der Waals surface area contributed by atoms with Crippen molar-refractivity contribution in [1.82, 2.24) is 25.0 Å². The van der Waals surface area contributed by atoms with E-state index in [9.17, 15) is 4.79 Å². The van der Waals surface area contributed by atoms with Crippen LogP contribution in [0.3, 0.4) is 0 Å². The number of hydrogen-bond donors (Lipinski definition) is 1. The van der Waals surface area contributed by atoms with Crippen molar-refractivity contribution in [3.05, 3.63) is 60.3 Å². The van der Waals surface area contributed by atoms with E-state index in [4.69, 9.17) is 0 Å². The fourth-order valence-corrected chi connectivity index (χ4v) is 1.91. The van der Waals surface area contributed by atoms with Crippen molar-refractivity contribution in [1.29, 1.82) is 0 Å². The standard InChI is InChI=1S/C15H14N6O/c1-2-11-3-5-12(6-4-11)18-15(22)13-7-8-14(20-19-13)21-10-16-9-17-21/h3-10H,2H2,1H3,(H,18,22). The van der Waals surface area contributed by atoms with E-state index in [-0.39, 0.29) is 11.6 Å². The number of nitrogens with zero attached hydrogens (tertiary/aromatic N) is 5. The number of anilines is 1. The molecule has 0 fully saturated rings. The molecular formula is C15H14N6O. The van der Waals surface area contributed by atoms with Crippen LogP contribution in [0.2, 0.25) is 0 Å². The summed E-state index contributed by atoms with van der Waals surface area (Å²) in [6.45, 7) is 2.08. The molecule has 110 valence electrons. The van der Waals surface area contributed by atoms with Crippen molar-refractivity contribution < 1.29 is 4.79 Å². The maximum atomic E-state index is 12.1. The van der Waals surface area contributed by atoms with Crippen molar-refractivity contribution in [3.8, 4) is 5.82 Å². The smallest absolute Gasteiger partial charge is 0.276 e. The number of hydrogen-bond acceptors (Lipinski definition) is 5. The summed E-state index contributed by atoms with van der Waals surface area (Å²) in [7, 11) is 0. The van der Waals surface area contributed by atoms with Gasteiger partial charge in [-0.3, -0.25) is 4.79 Å². The van der Waals surface area contributed by atoms with Crippen LogP contribution in [0.25, 0.3) is 5.82 Å². The van der Waals surface area contributed by atoms with Crippen LogP contribution in [-0.4, -0.2) is 30.9 Å². The second-order valence-electron chi connectivity index (χ2n) is 4.62. The number of benzene rings is 1. The molecule has 3 aromatic rings. The molecule has 0 spiro atoms. The first kappa shape index (κ1) is 13.9. The van der Waals surface area contributed by atoms with Crippen molar-refractivity contribution in [2.45, 2.75) is 13.3 Å². The third kappa shape index (κ3) is 2.98. The number of aromatic nitrogens is 5. The largest absolute Gasteiger partial charge is 0.321 e. The van der Waals surface area contributed by atoms with Crippen LogP contribution in [0.15, 0.2) is 49.1 Å². The van der Waals surface area contributed by atoms with Crippen molar-refractivity contribution in [3.63, 3.8) is 0 Å². The summed E-state index contributed by atoms with van der Waals surface area (Å²) in [5, 5.41) is 14.6. The molecule has 0 atom stereocenters. The lowest BCUT2D eigenvalue weighted by molar-refractivity contribution is 0.102. The molecule has 2 heterocycles. The molecule has 1 amide bonds. The molecule has 7 nitrogen and oxygen atoms in total. The van der Waals surface area contributed by atoms with Crippen LogP contribution < -0.4 is 5.32 Å². The van der Waals surface area contributed by atoms with E-state index in [0.717, 1.165) is 12.1 Å². The summed E-state index contributed by atoms with van der Waals surface area (Å²) in [5.41, 5.74) is 2.18. The van der Waals surface area contributed by atoms with E-state index < -0.39 is 0 Å². The van der Waals surface area contributed by atoms with Crippen molar-refractivity contribution in [2.24, 2.45) is 0 Å². The summed E-state index contributed by atoms with van der Waals surface area (Å²) >= 11 is 0. The van der Waals surface area contributed by atoms with Crippen molar-refractivity contribution in [2.75, 3.05) is 5.32 Å². The Morgan fingerprint density at radius 3 is 2.55 bits per heavy atom. The number of carbonyl (C=O) groups excluding carboxylic acids is 1. The molecule has 0 saturated carbocycles. The van der Waals surface area contributed by atoms with Gasteiger partial charge in [0.2, 0.25) is 0 Å². The predicted octanol–water partition coefficient (Wildman–Crippen LogP) is 1.87. The Morgan fingerprint density at radius 2 is 1.95 bits per heavy atom. The maximum Gasteiger partial charge on any atom is 0.276 e. The van der Waals surface area contributed by atoms with Crippen LogP contribution in [0.4, 0.5) is 5.69 Å². The van der Waals surface area contributed by atoms with Crippen LogP contribution in [0.1, 0.15) is 23.0 Å². The van der Waals surface area contributed by atoms with Gasteiger partial charge in [-0.05, 0) is 36.2 Å². The molecule has 7 heteroatoms. The monoisotopic (exact) mass is 294 g/mol. The zero-order chi connectivity index (χ0) is 15.4. The zero-order valence-electron chi connectivity index (χ0n) is 12.0. The average Bonchev–Trinajstić information content (AvgIpc) is 3.10. The minimum Gasteiger partial charge on any atom is -0.321 e. The van der Waals surface area contributed by atoms with Gasteiger partial charge in [0, 0.05) is 5.69 Å². The molecular weight excluding hydrogens is 280 g/mol. The molecule has 2 aromatic heterocycles. The SMILES string of the molecule is CCc1ccc(NC(=O)c2ccc(-n3cncn3)nn2)cc1. The number of rotatable bonds is 4. The van der Waals surface area contributed by atoms with E-state index >= 15 is 0 Å². The fraction of sp³-hybridized carbons (Fsp3) is 0.133. The quantitative estimate of drug-likeness (QED) is 0.794. The molecule has 0 aliphatic rings. The molecule has 0 unspecified atom stereocenters. The van der Waals surface area contributed by atoms with E-state index in [1.165, 1.54) is 22.9 Å². The summed E-state index contributed by atoms with van der Waals surface area (Å²) in [5.74, 6) is 0.197. The number of carbonyl (C=O) groups is 1. The molecule has 0 bridgehead atoms. The molecule has 0 saturated heterocycles. The van der Waals surface area contributed by atoms with Gasteiger partial charge < -0.3 is 5.32 Å². The number of amides is 1. The second kappa shape index (κ2) is 6.13. The van der Waals surface area contributed by atoms with Crippen LogP contribution in [0.5, 0.6) is 0 Å². The third-order valence-electron chi connectivity index (χ3n) is 3.16. The van der Waals surface area contributed by atoms with E-state index in [1.807, 2.05) is 24.3 Å². The predicted molar refractivity (Wildman–Crippen MR) is 80.7 cm³/mol. The first-order chi connectivity index (χ1) is 10.8.